The first-order valence-corrected chi connectivity index (χ1v) is 5.80. The first-order chi connectivity index (χ1) is 8.22. The van der Waals surface area contributed by atoms with Crippen LogP contribution in [-0.4, -0.2) is 16.1 Å². The zero-order valence-corrected chi connectivity index (χ0v) is 9.72. The van der Waals surface area contributed by atoms with Gasteiger partial charge in [-0.05, 0) is 31.4 Å². The first-order valence-electron chi connectivity index (χ1n) is 5.80. The quantitative estimate of drug-likeness (QED) is 0.733. The highest BCUT2D eigenvalue weighted by atomic mass is 16.4. The van der Waals surface area contributed by atoms with E-state index in [0.717, 1.165) is 37.8 Å². The van der Waals surface area contributed by atoms with Crippen molar-refractivity contribution in [1.82, 2.24) is 4.98 Å². The number of hydrogen-bond donors (Lipinski definition) is 1. The van der Waals surface area contributed by atoms with Gasteiger partial charge in [0, 0.05) is 12.1 Å². The molecule has 1 aromatic rings. The molecule has 0 spiro atoms. The van der Waals surface area contributed by atoms with Crippen molar-refractivity contribution >= 4 is 5.97 Å². The molecule has 0 amide bonds. The number of carbonyl (C=O) groups is 1. The summed E-state index contributed by atoms with van der Waals surface area (Å²) in [5, 5.41) is 17.2. The normalized spacial score (nSPS) is 9.82. The standard InChI is InChI=1S/C13H16N2O2/c14-10-12-8-5-7-11(15-12)6-3-1-2-4-9-13(16)17/h5,7-8H,1-4,6,9H2,(H,16,17). The van der Waals surface area contributed by atoms with Gasteiger partial charge in [0.25, 0.3) is 0 Å². The number of pyridine rings is 1. The topological polar surface area (TPSA) is 74.0 Å². The van der Waals surface area contributed by atoms with Crippen molar-refractivity contribution in [2.75, 3.05) is 0 Å². The highest BCUT2D eigenvalue weighted by Gasteiger charge is 1.99. The van der Waals surface area contributed by atoms with Crippen molar-refractivity contribution in [2.45, 2.75) is 38.5 Å². The van der Waals surface area contributed by atoms with Crippen molar-refractivity contribution in [3.05, 3.63) is 29.6 Å². The smallest absolute Gasteiger partial charge is 0.303 e. The molecule has 0 radical (unpaired) electrons. The molecular weight excluding hydrogens is 216 g/mol. The van der Waals surface area contributed by atoms with Gasteiger partial charge in [0.05, 0.1) is 0 Å². The maximum absolute atomic E-state index is 10.3. The molecule has 0 fully saturated rings. The Labute approximate surface area is 101 Å². The summed E-state index contributed by atoms with van der Waals surface area (Å²) in [5.74, 6) is -0.728. The fourth-order valence-electron chi connectivity index (χ4n) is 1.62. The van der Waals surface area contributed by atoms with E-state index >= 15 is 0 Å². The Kier molecular flexibility index (Phi) is 5.73. The lowest BCUT2D eigenvalue weighted by Crippen LogP contribution is -1.95. The molecule has 1 N–H and O–H groups in total. The minimum Gasteiger partial charge on any atom is -0.481 e. The zero-order valence-electron chi connectivity index (χ0n) is 9.72. The molecule has 0 saturated carbocycles. The second kappa shape index (κ2) is 7.39. The number of hydrogen-bond acceptors (Lipinski definition) is 3. The molecule has 0 atom stereocenters. The van der Waals surface area contributed by atoms with Gasteiger partial charge in [-0.25, -0.2) is 4.98 Å². The van der Waals surface area contributed by atoms with Crippen LogP contribution in [0.3, 0.4) is 0 Å². The van der Waals surface area contributed by atoms with E-state index < -0.39 is 5.97 Å². The van der Waals surface area contributed by atoms with E-state index in [1.807, 2.05) is 18.2 Å². The number of nitriles is 1. The third-order valence-corrected chi connectivity index (χ3v) is 2.49. The van der Waals surface area contributed by atoms with E-state index in [1.54, 1.807) is 6.07 Å². The van der Waals surface area contributed by atoms with Gasteiger partial charge in [-0.2, -0.15) is 5.26 Å². The second-order valence-corrected chi connectivity index (χ2v) is 3.93. The summed E-state index contributed by atoms with van der Waals surface area (Å²) in [4.78, 5) is 14.5. The highest BCUT2D eigenvalue weighted by Crippen LogP contribution is 2.08. The Morgan fingerprint density at radius 3 is 2.76 bits per heavy atom. The van der Waals surface area contributed by atoms with Gasteiger partial charge >= 0.3 is 5.97 Å². The number of unbranched alkanes of at least 4 members (excludes halogenated alkanes) is 3. The van der Waals surface area contributed by atoms with Crippen molar-refractivity contribution in [2.24, 2.45) is 0 Å². The average molecular weight is 232 g/mol. The SMILES string of the molecule is N#Cc1cccc(CCCCCCC(=O)O)n1. The average Bonchev–Trinajstić information content (AvgIpc) is 2.33. The Balaban J connectivity index is 2.18. The molecule has 0 aliphatic carbocycles. The van der Waals surface area contributed by atoms with Gasteiger partial charge in [-0.1, -0.05) is 18.9 Å². The summed E-state index contributed by atoms with van der Waals surface area (Å²) in [6.07, 6.45) is 4.77. The third kappa shape index (κ3) is 5.67. The van der Waals surface area contributed by atoms with Crippen molar-refractivity contribution in [1.29, 1.82) is 5.26 Å². The molecule has 4 heteroatoms. The van der Waals surface area contributed by atoms with Crippen LogP contribution in [0.4, 0.5) is 0 Å². The number of aromatic nitrogens is 1. The fraction of sp³-hybridized carbons (Fsp3) is 0.462. The molecule has 4 nitrogen and oxygen atoms in total. The van der Waals surface area contributed by atoms with Crippen molar-refractivity contribution in [3.63, 3.8) is 0 Å². The summed E-state index contributed by atoms with van der Waals surface area (Å²) >= 11 is 0. The number of carboxylic acids is 1. The number of nitrogens with zero attached hydrogens (tertiary/aromatic N) is 2. The molecule has 90 valence electrons. The van der Waals surface area contributed by atoms with Crippen LogP contribution in [0, 0.1) is 11.3 Å². The lowest BCUT2D eigenvalue weighted by molar-refractivity contribution is -0.137. The van der Waals surface area contributed by atoms with Gasteiger partial charge in [-0.3, -0.25) is 4.79 Å². The predicted molar refractivity (Wildman–Crippen MR) is 63.4 cm³/mol. The largest absolute Gasteiger partial charge is 0.481 e. The van der Waals surface area contributed by atoms with E-state index in [0.29, 0.717) is 5.69 Å². The van der Waals surface area contributed by atoms with Crippen LogP contribution in [0.25, 0.3) is 0 Å². The van der Waals surface area contributed by atoms with E-state index in [2.05, 4.69) is 4.98 Å². The van der Waals surface area contributed by atoms with Gasteiger partial charge in [0.2, 0.25) is 0 Å². The van der Waals surface area contributed by atoms with Gasteiger partial charge in [0.15, 0.2) is 0 Å². The highest BCUT2D eigenvalue weighted by molar-refractivity contribution is 5.66. The molecule has 17 heavy (non-hydrogen) atoms. The van der Waals surface area contributed by atoms with Crippen LogP contribution in [0.1, 0.15) is 43.5 Å². The van der Waals surface area contributed by atoms with E-state index in [1.165, 1.54) is 0 Å². The first kappa shape index (κ1) is 13.2. The molecule has 1 aromatic heterocycles. The molecule has 0 aliphatic heterocycles. The van der Waals surface area contributed by atoms with E-state index in [9.17, 15) is 4.79 Å². The monoisotopic (exact) mass is 232 g/mol. The number of rotatable bonds is 7. The Morgan fingerprint density at radius 2 is 2.06 bits per heavy atom. The van der Waals surface area contributed by atoms with Crippen LogP contribution < -0.4 is 0 Å². The van der Waals surface area contributed by atoms with Gasteiger partial charge in [-0.15, -0.1) is 0 Å². The Bertz CT molecular complexity index is 410. The summed E-state index contributed by atoms with van der Waals surface area (Å²) in [5.41, 5.74) is 1.38. The predicted octanol–water partition coefficient (Wildman–Crippen LogP) is 2.53. The molecule has 0 unspecified atom stereocenters. The lowest BCUT2D eigenvalue weighted by Gasteiger charge is -2.01. The fourth-order valence-corrected chi connectivity index (χ4v) is 1.62. The van der Waals surface area contributed by atoms with Crippen molar-refractivity contribution in [3.8, 4) is 6.07 Å². The van der Waals surface area contributed by atoms with Crippen LogP contribution in [-0.2, 0) is 11.2 Å². The van der Waals surface area contributed by atoms with Gasteiger partial charge in [0.1, 0.15) is 11.8 Å². The molecular formula is C13H16N2O2. The van der Waals surface area contributed by atoms with Crippen molar-refractivity contribution < 1.29 is 9.90 Å². The van der Waals surface area contributed by atoms with Crippen LogP contribution in [0.15, 0.2) is 18.2 Å². The zero-order chi connectivity index (χ0) is 12.5. The molecule has 0 aliphatic rings. The molecule has 0 saturated heterocycles. The van der Waals surface area contributed by atoms with Crippen LogP contribution >= 0.6 is 0 Å². The summed E-state index contributed by atoms with van der Waals surface area (Å²) < 4.78 is 0. The summed E-state index contributed by atoms with van der Waals surface area (Å²) in [6, 6.07) is 7.46. The maximum Gasteiger partial charge on any atom is 0.303 e. The number of aryl methyl sites for hydroxylation is 1. The number of aliphatic carboxylic acids is 1. The summed E-state index contributed by atoms with van der Waals surface area (Å²) in [7, 11) is 0. The van der Waals surface area contributed by atoms with Crippen LogP contribution in [0.2, 0.25) is 0 Å². The van der Waals surface area contributed by atoms with Crippen LogP contribution in [0.5, 0.6) is 0 Å². The Hall–Kier alpha value is -1.89. The molecule has 1 rings (SSSR count). The minimum atomic E-state index is -0.728. The van der Waals surface area contributed by atoms with E-state index in [-0.39, 0.29) is 6.42 Å². The maximum atomic E-state index is 10.3. The number of carboxylic acid groups (broad SMARTS) is 1. The Morgan fingerprint density at radius 1 is 1.29 bits per heavy atom. The van der Waals surface area contributed by atoms with Gasteiger partial charge < -0.3 is 5.11 Å². The van der Waals surface area contributed by atoms with E-state index in [4.69, 9.17) is 10.4 Å². The second-order valence-electron chi connectivity index (χ2n) is 3.93. The summed E-state index contributed by atoms with van der Waals surface area (Å²) in [6.45, 7) is 0. The molecule has 1 heterocycles. The molecule has 0 aromatic carbocycles. The molecule has 0 bridgehead atoms. The third-order valence-electron chi connectivity index (χ3n) is 2.49. The lowest BCUT2D eigenvalue weighted by atomic mass is 10.1. The minimum absolute atomic E-state index is 0.252.